The quantitative estimate of drug-likeness (QED) is 0.854. The van der Waals surface area contributed by atoms with Crippen molar-refractivity contribution in [1.29, 1.82) is 0 Å². The number of halogens is 2. The molecule has 1 aromatic carbocycles. The number of hydrogen-bond acceptors (Lipinski definition) is 3. The van der Waals surface area contributed by atoms with Gasteiger partial charge in [0.15, 0.2) is 0 Å². The van der Waals surface area contributed by atoms with E-state index >= 15 is 0 Å². The smallest absolute Gasteiger partial charge is 0.222 e. The van der Waals surface area contributed by atoms with Crippen LogP contribution in [0.5, 0.6) is 11.6 Å². The minimum Gasteiger partial charge on any atom is -0.439 e. The first-order chi connectivity index (χ1) is 9.95. The summed E-state index contributed by atoms with van der Waals surface area (Å²) in [6, 6.07) is 7.09. The Morgan fingerprint density at radius 1 is 1.33 bits per heavy atom. The molecule has 0 saturated heterocycles. The Labute approximate surface area is 132 Å². The summed E-state index contributed by atoms with van der Waals surface area (Å²) in [6.07, 6.45) is 1.77. The normalized spacial score (nSPS) is 11.0. The van der Waals surface area contributed by atoms with Crippen LogP contribution in [0.4, 0.5) is 4.39 Å². The molecule has 1 N–H and O–H groups in total. The number of ether oxygens (including phenoxy) is 1. The highest BCUT2D eigenvalue weighted by atomic mass is 79.9. The van der Waals surface area contributed by atoms with Crippen LogP contribution in [0.3, 0.4) is 0 Å². The standard InChI is InChI=1S/C16H18BrFN2O/c1-10(2)19-8-12-6-11(3)16(20-9-12)21-13-4-5-14(17)15(18)7-13/h4-7,9-10,19H,8H2,1-3H3. The molecular weight excluding hydrogens is 335 g/mol. The number of aromatic nitrogens is 1. The average molecular weight is 353 g/mol. The van der Waals surface area contributed by atoms with Gasteiger partial charge in [0.1, 0.15) is 11.6 Å². The maximum absolute atomic E-state index is 13.5. The first kappa shape index (κ1) is 15.9. The highest BCUT2D eigenvalue weighted by Crippen LogP contribution is 2.26. The lowest BCUT2D eigenvalue weighted by atomic mass is 10.2. The van der Waals surface area contributed by atoms with E-state index < -0.39 is 0 Å². The van der Waals surface area contributed by atoms with E-state index in [2.05, 4.69) is 40.1 Å². The number of rotatable bonds is 5. The molecule has 0 amide bonds. The van der Waals surface area contributed by atoms with Gasteiger partial charge in [-0.05, 0) is 46.6 Å². The molecule has 0 fully saturated rings. The van der Waals surface area contributed by atoms with Crippen molar-refractivity contribution in [2.24, 2.45) is 0 Å². The third-order valence-electron chi connectivity index (χ3n) is 2.91. The number of nitrogens with one attached hydrogen (secondary N) is 1. The van der Waals surface area contributed by atoms with E-state index in [9.17, 15) is 4.39 Å². The van der Waals surface area contributed by atoms with Crippen molar-refractivity contribution in [2.75, 3.05) is 0 Å². The average Bonchev–Trinajstić information content (AvgIpc) is 2.43. The van der Waals surface area contributed by atoms with E-state index in [1.807, 2.05) is 13.0 Å². The van der Waals surface area contributed by atoms with E-state index in [-0.39, 0.29) is 5.82 Å². The van der Waals surface area contributed by atoms with Crippen LogP contribution in [-0.2, 0) is 6.54 Å². The van der Waals surface area contributed by atoms with Gasteiger partial charge in [0.2, 0.25) is 5.88 Å². The van der Waals surface area contributed by atoms with Crippen molar-refractivity contribution in [3.8, 4) is 11.6 Å². The Hall–Kier alpha value is -1.46. The lowest BCUT2D eigenvalue weighted by Crippen LogP contribution is -2.21. The van der Waals surface area contributed by atoms with Crippen LogP contribution in [0, 0.1) is 12.7 Å². The van der Waals surface area contributed by atoms with E-state index in [1.165, 1.54) is 6.07 Å². The van der Waals surface area contributed by atoms with Crippen LogP contribution in [0.1, 0.15) is 25.0 Å². The molecule has 2 rings (SSSR count). The van der Waals surface area contributed by atoms with E-state index in [4.69, 9.17) is 4.74 Å². The van der Waals surface area contributed by atoms with Crippen LogP contribution in [-0.4, -0.2) is 11.0 Å². The number of benzene rings is 1. The summed E-state index contributed by atoms with van der Waals surface area (Å²) >= 11 is 3.11. The maximum Gasteiger partial charge on any atom is 0.222 e. The molecule has 1 aromatic heterocycles. The highest BCUT2D eigenvalue weighted by molar-refractivity contribution is 9.10. The SMILES string of the molecule is Cc1cc(CNC(C)C)cnc1Oc1ccc(Br)c(F)c1. The Balaban J connectivity index is 2.11. The Morgan fingerprint density at radius 2 is 2.10 bits per heavy atom. The first-order valence-electron chi connectivity index (χ1n) is 6.77. The molecule has 0 aliphatic rings. The topological polar surface area (TPSA) is 34.2 Å². The second-order valence-electron chi connectivity index (χ2n) is 5.18. The second kappa shape index (κ2) is 7.00. The summed E-state index contributed by atoms with van der Waals surface area (Å²) in [6.45, 7) is 6.88. The summed E-state index contributed by atoms with van der Waals surface area (Å²) in [7, 11) is 0. The fourth-order valence-electron chi connectivity index (χ4n) is 1.80. The summed E-state index contributed by atoms with van der Waals surface area (Å²) < 4.78 is 19.5. The van der Waals surface area contributed by atoms with Crippen LogP contribution >= 0.6 is 15.9 Å². The second-order valence-corrected chi connectivity index (χ2v) is 6.03. The zero-order chi connectivity index (χ0) is 15.4. The van der Waals surface area contributed by atoms with Gasteiger partial charge in [-0.25, -0.2) is 9.37 Å². The van der Waals surface area contributed by atoms with Crippen LogP contribution in [0.2, 0.25) is 0 Å². The predicted octanol–water partition coefficient (Wildman–Crippen LogP) is 4.58. The maximum atomic E-state index is 13.5. The van der Waals surface area contributed by atoms with Crippen molar-refractivity contribution in [3.63, 3.8) is 0 Å². The van der Waals surface area contributed by atoms with Crippen molar-refractivity contribution in [2.45, 2.75) is 33.4 Å². The minimum atomic E-state index is -0.358. The Bertz CT molecular complexity index is 632. The number of aryl methyl sites for hydroxylation is 1. The van der Waals surface area contributed by atoms with Gasteiger partial charge >= 0.3 is 0 Å². The fraction of sp³-hybridized carbons (Fsp3) is 0.312. The molecule has 3 nitrogen and oxygen atoms in total. The van der Waals surface area contributed by atoms with E-state index in [0.717, 1.165) is 17.7 Å². The monoisotopic (exact) mass is 352 g/mol. The van der Waals surface area contributed by atoms with Gasteiger partial charge < -0.3 is 10.1 Å². The summed E-state index contributed by atoms with van der Waals surface area (Å²) in [5.41, 5.74) is 2.01. The van der Waals surface area contributed by atoms with Crippen LogP contribution in [0.15, 0.2) is 34.9 Å². The van der Waals surface area contributed by atoms with Gasteiger partial charge in [0.05, 0.1) is 4.47 Å². The largest absolute Gasteiger partial charge is 0.439 e. The zero-order valence-corrected chi connectivity index (χ0v) is 13.9. The molecule has 5 heteroatoms. The molecule has 0 bridgehead atoms. The van der Waals surface area contributed by atoms with Gasteiger partial charge in [0, 0.05) is 30.4 Å². The van der Waals surface area contributed by atoms with Gasteiger partial charge in [-0.15, -0.1) is 0 Å². The zero-order valence-electron chi connectivity index (χ0n) is 12.3. The van der Waals surface area contributed by atoms with E-state index in [1.54, 1.807) is 18.3 Å². The number of hydrogen-bond donors (Lipinski definition) is 1. The van der Waals surface area contributed by atoms with Crippen molar-refractivity contribution in [1.82, 2.24) is 10.3 Å². The van der Waals surface area contributed by atoms with E-state index in [0.29, 0.717) is 22.1 Å². The predicted molar refractivity (Wildman–Crippen MR) is 85.1 cm³/mol. The minimum absolute atomic E-state index is 0.358. The molecule has 2 aromatic rings. The molecule has 0 spiro atoms. The number of nitrogens with zero attached hydrogens (tertiary/aromatic N) is 1. The summed E-state index contributed by atoms with van der Waals surface area (Å²) in [5.74, 6) is 0.562. The first-order valence-corrected chi connectivity index (χ1v) is 7.57. The Kier molecular flexibility index (Phi) is 5.31. The van der Waals surface area contributed by atoms with Crippen LogP contribution < -0.4 is 10.1 Å². The van der Waals surface area contributed by atoms with Crippen molar-refractivity contribution >= 4 is 15.9 Å². The molecule has 0 saturated carbocycles. The van der Waals surface area contributed by atoms with Gasteiger partial charge in [-0.1, -0.05) is 13.8 Å². The lowest BCUT2D eigenvalue weighted by Gasteiger charge is -2.11. The molecule has 0 aliphatic heterocycles. The van der Waals surface area contributed by atoms with Gasteiger partial charge in [-0.2, -0.15) is 0 Å². The van der Waals surface area contributed by atoms with Crippen LogP contribution in [0.25, 0.3) is 0 Å². The lowest BCUT2D eigenvalue weighted by molar-refractivity contribution is 0.453. The molecule has 1 heterocycles. The summed E-state index contributed by atoms with van der Waals surface area (Å²) in [4.78, 5) is 4.31. The fourth-order valence-corrected chi connectivity index (χ4v) is 2.04. The molecule has 0 unspecified atom stereocenters. The van der Waals surface area contributed by atoms with Crippen molar-refractivity contribution < 1.29 is 9.13 Å². The third kappa shape index (κ3) is 4.51. The van der Waals surface area contributed by atoms with Gasteiger partial charge in [-0.3, -0.25) is 0 Å². The molecular formula is C16H18BrFN2O. The highest BCUT2D eigenvalue weighted by Gasteiger charge is 2.07. The third-order valence-corrected chi connectivity index (χ3v) is 3.55. The molecule has 21 heavy (non-hydrogen) atoms. The van der Waals surface area contributed by atoms with Crippen molar-refractivity contribution in [3.05, 3.63) is 51.9 Å². The summed E-state index contributed by atoms with van der Waals surface area (Å²) in [5, 5.41) is 3.34. The van der Waals surface area contributed by atoms with Gasteiger partial charge in [0.25, 0.3) is 0 Å². The number of pyridine rings is 1. The molecule has 0 atom stereocenters. The Morgan fingerprint density at radius 3 is 2.71 bits per heavy atom. The molecule has 112 valence electrons. The molecule has 0 aliphatic carbocycles. The molecule has 0 radical (unpaired) electrons.